The van der Waals surface area contributed by atoms with Crippen LogP contribution in [0.25, 0.3) is 4.96 Å². The Bertz CT molecular complexity index is 961. The Morgan fingerprint density at radius 2 is 2.20 bits per heavy atom. The van der Waals surface area contributed by atoms with E-state index in [1.165, 1.54) is 33.4 Å². The van der Waals surface area contributed by atoms with Gasteiger partial charge in [-0.25, -0.2) is 4.98 Å². The molecule has 6 heteroatoms. The molecular formula is C19H22N4OS. The van der Waals surface area contributed by atoms with E-state index in [4.69, 9.17) is 0 Å². The first-order chi connectivity index (χ1) is 12.2. The van der Waals surface area contributed by atoms with Crippen molar-refractivity contribution in [1.82, 2.24) is 19.5 Å². The second kappa shape index (κ2) is 6.69. The Labute approximate surface area is 151 Å². The van der Waals surface area contributed by atoms with Crippen LogP contribution in [-0.4, -0.2) is 26.5 Å². The number of hydrogen-bond donors (Lipinski definition) is 0. The summed E-state index contributed by atoms with van der Waals surface area (Å²) in [5.41, 5.74) is 3.60. The van der Waals surface area contributed by atoms with Gasteiger partial charge in [0.1, 0.15) is 5.01 Å². The molecule has 0 unspecified atom stereocenters. The summed E-state index contributed by atoms with van der Waals surface area (Å²) >= 11 is 1.50. The van der Waals surface area contributed by atoms with Gasteiger partial charge in [-0.05, 0) is 43.9 Å². The van der Waals surface area contributed by atoms with Gasteiger partial charge in [-0.1, -0.05) is 42.5 Å². The average molecular weight is 354 g/mol. The fraction of sp³-hybridized carbons (Fsp3) is 0.421. The predicted octanol–water partition coefficient (Wildman–Crippen LogP) is 3.22. The van der Waals surface area contributed by atoms with Crippen molar-refractivity contribution in [2.45, 2.75) is 45.2 Å². The second-order valence-corrected chi connectivity index (χ2v) is 7.69. The van der Waals surface area contributed by atoms with Gasteiger partial charge >= 0.3 is 0 Å². The van der Waals surface area contributed by atoms with Crippen molar-refractivity contribution in [3.05, 3.63) is 62.5 Å². The lowest BCUT2D eigenvalue weighted by atomic mass is 9.87. The lowest BCUT2D eigenvalue weighted by Gasteiger charge is -2.33. The van der Waals surface area contributed by atoms with Crippen LogP contribution in [0.3, 0.4) is 0 Å². The highest BCUT2D eigenvalue weighted by Gasteiger charge is 2.24. The molecular weight excluding hydrogens is 332 g/mol. The zero-order valence-electron chi connectivity index (χ0n) is 14.6. The fourth-order valence-electron chi connectivity index (χ4n) is 3.67. The Balaban J connectivity index is 1.62. The van der Waals surface area contributed by atoms with Gasteiger partial charge in [-0.2, -0.15) is 9.61 Å². The molecule has 1 aliphatic carbocycles. The predicted molar refractivity (Wildman–Crippen MR) is 100 cm³/mol. The number of fused-ring (bicyclic) bond motifs is 2. The van der Waals surface area contributed by atoms with Crippen LogP contribution < -0.4 is 5.56 Å². The summed E-state index contributed by atoms with van der Waals surface area (Å²) in [5.74, 6) is 0. The molecule has 0 spiro atoms. The van der Waals surface area contributed by atoms with Crippen LogP contribution in [0.5, 0.6) is 0 Å². The van der Waals surface area contributed by atoms with Gasteiger partial charge in [0.05, 0.1) is 5.69 Å². The minimum absolute atomic E-state index is 0.0894. The van der Waals surface area contributed by atoms with Crippen LogP contribution in [0.4, 0.5) is 0 Å². The third kappa shape index (κ3) is 3.12. The van der Waals surface area contributed by atoms with Gasteiger partial charge in [0.25, 0.3) is 5.56 Å². The van der Waals surface area contributed by atoms with Gasteiger partial charge in [-0.3, -0.25) is 9.69 Å². The van der Waals surface area contributed by atoms with Crippen molar-refractivity contribution in [3.8, 4) is 0 Å². The first-order valence-corrected chi connectivity index (χ1v) is 9.64. The Morgan fingerprint density at radius 1 is 1.36 bits per heavy atom. The maximum absolute atomic E-state index is 12.3. The number of rotatable bonds is 4. The quantitative estimate of drug-likeness (QED) is 0.722. The Kier molecular flexibility index (Phi) is 4.39. The number of aromatic nitrogens is 3. The van der Waals surface area contributed by atoms with E-state index in [9.17, 15) is 4.79 Å². The Hall–Kier alpha value is -2.05. The minimum Gasteiger partial charge on any atom is -0.294 e. The van der Waals surface area contributed by atoms with Crippen molar-refractivity contribution >= 4 is 16.3 Å². The normalized spacial score (nSPS) is 17.2. The third-order valence-corrected chi connectivity index (χ3v) is 5.98. The van der Waals surface area contributed by atoms with E-state index in [1.807, 2.05) is 6.92 Å². The molecule has 3 aromatic rings. The largest absolute Gasteiger partial charge is 0.294 e. The maximum Gasteiger partial charge on any atom is 0.275 e. The van der Waals surface area contributed by atoms with Crippen molar-refractivity contribution in [3.63, 3.8) is 0 Å². The zero-order valence-corrected chi connectivity index (χ0v) is 15.4. The lowest BCUT2D eigenvalue weighted by Crippen LogP contribution is -2.28. The van der Waals surface area contributed by atoms with E-state index >= 15 is 0 Å². The summed E-state index contributed by atoms with van der Waals surface area (Å²) < 4.78 is 1.42. The fourth-order valence-corrected chi connectivity index (χ4v) is 4.53. The number of aryl methyl sites for hydroxylation is 2. The molecule has 0 saturated carbocycles. The second-order valence-electron chi connectivity index (χ2n) is 6.65. The van der Waals surface area contributed by atoms with Crippen molar-refractivity contribution in [1.29, 1.82) is 0 Å². The van der Waals surface area contributed by atoms with Gasteiger partial charge in [0.15, 0.2) is 0 Å². The molecule has 0 bridgehead atoms. The molecule has 0 fully saturated rings. The number of benzene rings is 1. The monoisotopic (exact) mass is 354 g/mol. The highest BCUT2D eigenvalue weighted by Crippen LogP contribution is 2.33. The van der Waals surface area contributed by atoms with E-state index in [0.29, 0.717) is 17.5 Å². The molecule has 130 valence electrons. The first kappa shape index (κ1) is 16.4. The minimum atomic E-state index is -0.0894. The molecule has 0 radical (unpaired) electrons. The van der Waals surface area contributed by atoms with E-state index in [-0.39, 0.29) is 5.56 Å². The summed E-state index contributed by atoms with van der Waals surface area (Å²) in [4.78, 5) is 20.0. The molecule has 1 aromatic carbocycles. The maximum atomic E-state index is 12.3. The average Bonchev–Trinajstić information content (AvgIpc) is 3.05. The third-order valence-electron chi connectivity index (χ3n) is 4.92. The molecule has 0 aliphatic heterocycles. The van der Waals surface area contributed by atoms with E-state index in [0.717, 1.165) is 30.0 Å². The van der Waals surface area contributed by atoms with Crippen LogP contribution in [0.1, 0.15) is 47.6 Å². The summed E-state index contributed by atoms with van der Waals surface area (Å²) in [7, 11) is 2.13. The smallest absolute Gasteiger partial charge is 0.275 e. The van der Waals surface area contributed by atoms with Crippen LogP contribution in [0, 0.1) is 0 Å². The summed E-state index contributed by atoms with van der Waals surface area (Å²) in [6.07, 6.45) is 4.33. The topological polar surface area (TPSA) is 50.5 Å². The van der Waals surface area contributed by atoms with Gasteiger partial charge in [-0.15, -0.1) is 0 Å². The SMILES string of the molecule is CCc1nn2c(=O)cc(CN(C)[C@H]3CCCc4ccccc43)nc2s1. The van der Waals surface area contributed by atoms with Gasteiger partial charge in [0.2, 0.25) is 4.96 Å². The lowest BCUT2D eigenvalue weighted by molar-refractivity contribution is 0.211. The first-order valence-electron chi connectivity index (χ1n) is 8.82. The van der Waals surface area contributed by atoms with E-state index < -0.39 is 0 Å². The number of nitrogens with zero attached hydrogens (tertiary/aromatic N) is 4. The van der Waals surface area contributed by atoms with Gasteiger partial charge < -0.3 is 0 Å². The molecule has 0 N–H and O–H groups in total. The van der Waals surface area contributed by atoms with E-state index in [2.05, 4.69) is 46.3 Å². The summed E-state index contributed by atoms with van der Waals surface area (Å²) in [5, 5.41) is 5.26. The van der Waals surface area contributed by atoms with E-state index in [1.54, 1.807) is 6.07 Å². The number of hydrogen-bond acceptors (Lipinski definition) is 5. The van der Waals surface area contributed by atoms with Crippen molar-refractivity contribution < 1.29 is 0 Å². The van der Waals surface area contributed by atoms with Crippen LogP contribution >= 0.6 is 11.3 Å². The molecule has 5 nitrogen and oxygen atoms in total. The van der Waals surface area contributed by atoms with Crippen LogP contribution in [-0.2, 0) is 19.4 Å². The molecule has 4 rings (SSSR count). The highest BCUT2D eigenvalue weighted by atomic mass is 32.1. The summed E-state index contributed by atoms with van der Waals surface area (Å²) in [6.45, 7) is 2.71. The standard InChI is InChI=1S/C19H22N4OS/c1-3-17-21-23-18(24)11-14(20-19(23)25-17)12-22(2)16-10-6-8-13-7-4-5-9-15(13)16/h4-5,7,9,11,16H,3,6,8,10,12H2,1-2H3/t16-/m0/s1. The molecule has 2 aromatic heterocycles. The van der Waals surface area contributed by atoms with Crippen molar-refractivity contribution in [2.24, 2.45) is 0 Å². The molecule has 1 aliphatic rings. The van der Waals surface area contributed by atoms with Gasteiger partial charge in [0, 0.05) is 18.7 Å². The zero-order chi connectivity index (χ0) is 17.4. The van der Waals surface area contributed by atoms with Crippen LogP contribution in [0.15, 0.2) is 35.1 Å². The van der Waals surface area contributed by atoms with Crippen molar-refractivity contribution in [2.75, 3.05) is 7.05 Å². The summed E-state index contributed by atoms with van der Waals surface area (Å²) in [6, 6.07) is 10.7. The molecule has 25 heavy (non-hydrogen) atoms. The Morgan fingerprint density at radius 3 is 3.04 bits per heavy atom. The van der Waals surface area contributed by atoms with Crippen LogP contribution in [0.2, 0.25) is 0 Å². The highest BCUT2D eigenvalue weighted by molar-refractivity contribution is 7.16. The molecule has 2 heterocycles. The molecule has 1 atom stereocenters. The molecule has 0 amide bonds. The molecule has 0 saturated heterocycles.